The van der Waals surface area contributed by atoms with Crippen LogP contribution in [0.1, 0.15) is 35.7 Å². The molecule has 2 aromatic carbocycles. The summed E-state index contributed by atoms with van der Waals surface area (Å²) in [4.78, 5) is 32.0. The first-order chi connectivity index (χ1) is 18.7. The molecule has 1 aliphatic carbocycles. The molecule has 1 aromatic heterocycles. The van der Waals surface area contributed by atoms with Gasteiger partial charge in [0.2, 0.25) is 5.43 Å². The van der Waals surface area contributed by atoms with Gasteiger partial charge >= 0.3 is 5.97 Å². The van der Waals surface area contributed by atoms with Crippen molar-refractivity contribution in [1.82, 2.24) is 4.57 Å². The standard InChI is InChI=1S/C27H29FN4O7/c1-36-15-8-16(37-2)10-17(9-15)39-30-22-6-7-31(13-21(22)29)24-20(28)11-18-23(26(24)38-3)32(14-4-5-14)12-19(25(18)33)27(34)35/h8-12,14,21H,4-7,13,29H2,1-3H3,(H,34,35)/b30-22-. The zero-order valence-corrected chi connectivity index (χ0v) is 21.8. The predicted octanol–water partition coefficient (Wildman–Crippen LogP) is 3.17. The van der Waals surface area contributed by atoms with Crippen molar-refractivity contribution in [2.24, 2.45) is 10.9 Å². The number of hydrogen-bond donors (Lipinski definition) is 2. The number of rotatable bonds is 8. The van der Waals surface area contributed by atoms with Gasteiger partial charge in [-0.15, -0.1) is 0 Å². The van der Waals surface area contributed by atoms with Crippen LogP contribution in [0.15, 0.2) is 40.4 Å². The number of carbonyl (C=O) groups is 1. The van der Waals surface area contributed by atoms with E-state index in [0.29, 0.717) is 41.4 Å². The lowest BCUT2D eigenvalue weighted by atomic mass is 10.0. The number of methoxy groups -OCH3 is 3. The summed E-state index contributed by atoms with van der Waals surface area (Å²) in [6, 6.07) is 5.56. The van der Waals surface area contributed by atoms with E-state index < -0.39 is 28.8 Å². The molecular weight excluding hydrogens is 511 g/mol. The molecule has 5 rings (SSSR count). The Hall–Kier alpha value is -4.32. The number of carboxylic acids is 1. The van der Waals surface area contributed by atoms with Gasteiger partial charge in [-0.25, -0.2) is 9.18 Å². The summed E-state index contributed by atoms with van der Waals surface area (Å²) in [6.45, 7) is 0.570. The highest BCUT2D eigenvalue weighted by Crippen LogP contribution is 2.44. The number of hydrogen-bond acceptors (Lipinski definition) is 9. The minimum absolute atomic E-state index is 0.00754. The van der Waals surface area contributed by atoms with Crippen molar-refractivity contribution in [3.63, 3.8) is 0 Å². The van der Waals surface area contributed by atoms with Crippen LogP contribution in [0.2, 0.25) is 0 Å². The molecule has 2 fully saturated rings. The fourth-order valence-electron chi connectivity index (χ4n) is 4.85. The summed E-state index contributed by atoms with van der Waals surface area (Å²) in [5.41, 5.74) is 6.38. The molecule has 11 nitrogen and oxygen atoms in total. The summed E-state index contributed by atoms with van der Waals surface area (Å²) in [7, 11) is 4.47. The molecule has 1 atom stereocenters. The van der Waals surface area contributed by atoms with Crippen LogP contribution in [-0.2, 0) is 0 Å². The minimum Gasteiger partial charge on any atom is -0.496 e. The van der Waals surface area contributed by atoms with Gasteiger partial charge in [-0.05, 0) is 18.9 Å². The van der Waals surface area contributed by atoms with Gasteiger partial charge in [0.15, 0.2) is 17.3 Å². The smallest absolute Gasteiger partial charge is 0.341 e. The molecule has 2 heterocycles. The Morgan fingerprint density at radius 1 is 1.08 bits per heavy atom. The number of anilines is 1. The fraction of sp³-hybridized carbons (Fsp3) is 0.370. The van der Waals surface area contributed by atoms with Gasteiger partial charge in [0, 0.05) is 49.9 Å². The molecule has 0 amide bonds. The van der Waals surface area contributed by atoms with E-state index in [2.05, 4.69) is 5.16 Å². The monoisotopic (exact) mass is 540 g/mol. The van der Waals surface area contributed by atoms with Crippen LogP contribution < -0.4 is 35.1 Å². The molecule has 206 valence electrons. The lowest BCUT2D eigenvalue weighted by Gasteiger charge is -2.34. The third-order valence-corrected chi connectivity index (χ3v) is 6.97. The van der Waals surface area contributed by atoms with E-state index >= 15 is 4.39 Å². The molecule has 3 aromatic rings. The summed E-state index contributed by atoms with van der Waals surface area (Å²) >= 11 is 0. The molecule has 12 heteroatoms. The second-order valence-corrected chi connectivity index (χ2v) is 9.48. The van der Waals surface area contributed by atoms with Crippen LogP contribution in [0, 0.1) is 5.82 Å². The Morgan fingerprint density at radius 2 is 1.74 bits per heavy atom. The molecule has 1 saturated heterocycles. The third kappa shape index (κ3) is 4.94. The number of benzene rings is 2. The van der Waals surface area contributed by atoms with Gasteiger partial charge in [0.1, 0.15) is 22.7 Å². The predicted molar refractivity (Wildman–Crippen MR) is 142 cm³/mol. The fourth-order valence-corrected chi connectivity index (χ4v) is 4.85. The van der Waals surface area contributed by atoms with E-state index in [1.165, 1.54) is 27.5 Å². The van der Waals surface area contributed by atoms with Crippen molar-refractivity contribution in [3.05, 3.63) is 52.1 Å². The minimum atomic E-state index is -1.36. The molecule has 2 aliphatic rings. The van der Waals surface area contributed by atoms with Gasteiger partial charge in [-0.2, -0.15) is 0 Å². The Labute approximate surface area is 223 Å². The Balaban J connectivity index is 1.47. The number of nitrogens with two attached hydrogens (primary N) is 1. The van der Waals surface area contributed by atoms with Gasteiger partial charge in [0.25, 0.3) is 0 Å². The molecule has 3 N–H and O–H groups in total. The zero-order valence-electron chi connectivity index (χ0n) is 21.8. The Bertz CT molecular complexity index is 1510. The van der Waals surface area contributed by atoms with Crippen LogP contribution >= 0.6 is 0 Å². The molecule has 39 heavy (non-hydrogen) atoms. The van der Waals surface area contributed by atoms with E-state index in [4.69, 9.17) is 24.8 Å². The van der Waals surface area contributed by atoms with Gasteiger partial charge in [-0.1, -0.05) is 5.16 Å². The first kappa shape index (κ1) is 26.3. The second-order valence-electron chi connectivity index (χ2n) is 9.48. The second kappa shape index (κ2) is 10.4. The first-order valence-electron chi connectivity index (χ1n) is 12.4. The van der Waals surface area contributed by atoms with Crippen LogP contribution in [0.25, 0.3) is 10.9 Å². The number of aromatic carboxylic acids is 1. The maximum atomic E-state index is 15.6. The zero-order chi connectivity index (χ0) is 27.8. The molecule has 1 aliphatic heterocycles. The Kier molecular flexibility index (Phi) is 7.04. The lowest BCUT2D eigenvalue weighted by Crippen LogP contribution is -2.49. The molecule has 0 radical (unpaired) electrons. The Morgan fingerprint density at radius 3 is 2.31 bits per heavy atom. The summed E-state index contributed by atoms with van der Waals surface area (Å²) in [6.07, 6.45) is 3.35. The van der Waals surface area contributed by atoms with E-state index in [1.54, 1.807) is 27.7 Å². The van der Waals surface area contributed by atoms with E-state index in [1.807, 2.05) is 0 Å². The quantitative estimate of drug-likeness (QED) is 0.413. The van der Waals surface area contributed by atoms with E-state index in [-0.39, 0.29) is 29.4 Å². The van der Waals surface area contributed by atoms with Crippen LogP contribution in [0.4, 0.5) is 10.1 Å². The summed E-state index contributed by atoms with van der Waals surface area (Å²) in [5, 5.41) is 13.7. The lowest BCUT2D eigenvalue weighted by molar-refractivity contribution is 0.0694. The average Bonchev–Trinajstić information content (AvgIpc) is 3.77. The normalized spacial score (nSPS) is 18.3. The largest absolute Gasteiger partial charge is 0.496 e. The maximum absolute atomic E-state index is 15.6. The maximum Gasteiger partial charge on any atom is 0.341 e. The third-order valence-electron chi connectivity index (χ3n) is 6.97. The number of fused-ring (bicyclic) bond motifs is 1. The van der Waals surface area contributed by atoms with Crippen LogP contribution in [0.3, 0.4) is 0 Å². The van der Waals surface area contributed by atoms with Gasteiger partial charge in [0.05, 0.1) is 44.0 Å². The topological polar surface area (TPSA) is 138 Å². The number of pyridine rings is 1. The van der Waals surface area contributed by atoms with Crippen molar-refractivity contribution in [1.29, 1.82) is 0 Å². The number of aromatic nitrogens is 1. The van der Waals surface area contributed by atoms with Crippen molar-refractivity contribution in [2.45, 2.75) is 31.3 Å². The van der Waals surface area contributed by atoms with Gasteiger partial charge < -0.3 is 39.4 Å². The molecule has 1 saturated carbocycles. The van der Waals surface area contributed by atoms with Gasteiger partial charge in [-0.3, -0.25) is 4.79 Å². The van der Waals surface area contributed by atoms with Crippen molar-refractivity contribution in [3.8, 4) is 23.0 Å². The first-order valence-corrected chi connectivity index (χ1v) is 12.4. The van der Waals surface area contributed by atoms with Crippen LogP contribution in [-0.4, -0.2) is 61.8 Å². The molecule has 0 spiro atoms. The van der Waals surface area contributed by atoms with E-state index in [0.717, 1.165) is 18.9 Å². The number of halogens is 1. The summed E-state index contributed by atoms with van der Waals surface area (Å²) < 4.78 is 33.5. The molecular formula is C27H29FN4O7. The molecule has 0 bridgehead atoms. The van der Waals surface area contributed by atoms with Crippen molar-refractivity contribution < 1.29 is 33.3 Å². The van der Waals surface area contributed by atoms with Crippen LogP contribution in [0.5, 0.6) is 23.0 Å². The highest BCUT2D eigenvalue weighted by Gasteiger charge is 2.33. The molecule has 1 unspecified atom stereocenters. The number of oxime groups is 1. The summed E-state index contributed by atoms with van der Waals surface area (Å²) in [5.74, 6) is -0.394. The van der Waals surface area contributed by atoms with E-state index in [9.17, 15) is 14.7 Å². The SMILES string of the molecule is COc1cc(OC)cc(O/N=C2/CCN(c3c(F)cc4c(=O)c(C(=O)O)cn(C5CC5)c4c3OC)CC2N)c1. The van der Waals surface area contributed by atoms with Crippen molar-refractivity contribution in [2.75, 3.05) is 39.3 Å². The number of nitrogens with zero attached hydrogens (tertiary/aromatic N) is 3. The highest BCUT2D eigenvalue weighted by molar-refractivity contribution is 5.98. The average molecular weight is 541 g/mol. The number of ether oxygens (including phenoxy) is 3. The van der Waals surface area contributed by atoms with Crippen molar-refractivity contribution >= 4 is 28.3 Å². The highest BCUT2D eigenvalue weighted by atomic mass is 19.1. The number of piperidine rings is 1. The number of carboxylic acid groups (broad SMARTS) is 1.